The van der Waals surface area contributed by atoms with Gasteiger partial charge in [0.2, 0.25) is 5.43 Å². The summed E-state index contributed by atoms with van der Waals surface area (Å²) in [6.07, 6.45) is 1.23. The van der Waals surface area contributed by atoms with Crippen LogP contribution in [0.2, 0.25) is 0 Å². The Labute approximate surface area is 126 Å². The SMILES string of the molecule is CC.Cc1c(F)cc2c(=O)c(C(=O)O)cn3c2c1OCN3C. The van der Waals surface area contributed by atoms with Crippen molar-refractivity contribution >= 4 is 16.9 Å². The minimum absolute atomic E-state index is 0.00505. The fraction of sp³-hybridized carbons (Fsp3) is 0.333. The van der Waals surface area contributed by atoms with Crippen molar-refractivity contribution < 1.29 is 19.0 Å². The van der Waals surface area contributed by atoms with Gasteiger partial charge in [-0.25, -0.2) is 9.18 Å². The largest absolute Gasteiger partial charge is 0.477 e. The molecule has 3 rings (SSSR count). The van der Waals surface area contributed by atoms with Crippen molar-refractivity contribution in [3.05, 3.63) is 39.4 Å². The standard InChI is InChI=1S/C13H11FN2O4.C2H6/c1-6-9(14)3-7-10-12(6)20-5-15(2)16(10)4-8(11(7)17)13(18)19;1-2/h3-4H,5H2,1-2H3,(H,18,19);1-2H3. The number of carboxylic acids is 1. The van der Waals surface area contributed by atoms with Crippen LogP contribution in [0.4, 0.5) is 4.39 Å². The van der Waals surface area contributed by atoms with Crippen molar-refractivity contribution in [2.24, 2.45) is 0 Å². The Balaban J connectivity index is 0.000000847. The zero-order chi connectivity index (χ0) is 16.6. The van der Waals surface area contributed by atoms with Crippen LogP contribution in [0, 0.1) is 12.7 Å². The number of hydrogen-bond acceptors (Lipinski definition) is 4. The van der Waals surface area contributed by atoms with Gasteiger partial charge in [-0.05, 0) is 13.0 Å². The molecule has 0 unspecified atom stereocenters. The number of rotatable bonds is 1. The summed E-state index contributed by atoms with van der Waals surface area (Å²) in [5.41, 5.74) is -0.447. The first-order valence-corrected chi connectivity index (χ1v) is 6.87. The number of carbonyl (C=O) groups is 1. The Hall–Kier alpha value is -2.57. The van der Waals surface area contributed by atoms with Crippen LogP contribution < -0.4 is 15.2 Å². The van der Waals surface area contributed by atoms with E-state index >= 15 is 0 Å². The molecule has 0 radical (unpaired) electrons. The van der Waals surface area contributed by atoms with E-state index in [-0.39, 0.29) is 17.9 Å². The Bertz CT molecular complexity index is 814. The van der Waals surface area contributed by atoms with Gasteiger partial charge in [-0.1, -0.05) is 13.8 Å². The van der Waals surface area contributed by atoms with E-state index in [4.69, 9.17) is 9.84 Å². The molecule has 0 spiro atoms. The Kier molecular flexibility index (Phi) is 4.07. The van der Waals surface area contributed by atoms with Crippen LogP contribution in [-0.2, 0) is 0 Å². The predicted octanol–water partition coefficient (Wildman–Crippen LogP) is 2.09. The van der Waals surface area contributed by atoms with Gasteiger partial charge >= 0.3 is 5.97 Å². The zero-order valence-corrected chi connectivity index (χ0v) is 12.8. The number of pyridine rings is 1. The lowest BCUT2D eigenvalue weighted by atomic mass is 10.1. The molecule has 2 aromatic rings. The normalized spacial score (nSPS) is 12.5. The highest BCUT2D eigenvalue weighted by molar-refractivity contribution is 5.95. The first kappa shape index (κ1) is 15.8. The molecule has 0 fully saturated rings. The van der Waals surface area contributed by atoms with E-state index in [0.717, 1.165) is 6.07 Å². The molecule has 1 aromatic carbocycles. The third kappa shape index (κ3) is 2.18. The molecule has 1 aromatic heterocycles. The maximum atomic E-state index is 13.9. The first-order valence-electron chi connectivity index (χ1n) is 6.87. The van der Waals surface area contributed by atoms with Gasteiger partial charge in [0.05, 0.1) is 5.39 Å². The molecule has 7 heteroatoms. The molecule has 0 aliphatic carbocycles. The van der Waals surface area contributed by atoms with Crippen molar-refractivity contribution in [2.75, 3.05) is 18.8 Å². The van der Waals surface area contributed by atoms with Gasteiger partial charge in [0.25, 0.3) is 0 Å². The van der Waals surface area contributed by atoms with Crippen LogP contribution >= 0.6 is 0 Å². The molecule has 0 amide bonds. The highest BCUT2D eigenvalue weighted by Crippen LogP contribution is 2.32. The van der Waals surface area contributed by atoms with Gasteiger partial charge in [0, 0.05) is 18.8 Å². The number of aromatic carboxylic acids is 1. The maximum Gasteiger partial charge on any atom is 0.341 e. The number of hydrogen-bond donors (Lipinski definition) is 1. The van der Waals surface area contributed by atoms with Crippen LogP contribution in [-0.4, -0.2) is 29.5 Å². The summed E-state index contributed by atoms with van der Waals surface area (Å²) >= 11 is 0. The van der Waals surface area contributed by atoms with Crippen LogP contribution in [0.5, 0.6) is 5.75 Å². The van der Waals surface area contributed by atoms with Crippen molar-refractivity contribution in [3.8, 4) is 5.75 Å². The number of nitrogens with zero attached hydrogens (tertiary/aromatic N) is 2. The fourth-order valence-electron chi connectivity index (χ4n) is 2.32. The summed E-state index contributed by atoms with van der Waals surface area (Å²) in [4.78, 5) is 23.3. The highest BCUT2D eigenvalue weighted by Gasteiger charge is 2.25. The van der Waals surface area contributed by atoms with Crippen LogP contribution in [0.3, 0.4) is 0 Å². The number of carboxylic acid groups (broad SMARTS) is 1. The summed E-state index contributed by atoms with van der Waals surface area (Å²) in [6, 6.07) is 1.06. The van der Waals surface area contributed by atoms with E-state index in [1.807, 2.05) is 13.8 Å². The maximum absolute atomic E-state index is 13.9. The topological polar surface area (TPSA) is 71.8 Å². The highest BCUT2D eigenvalue weighted by atomic mass is 19.1. The van der Waals surface area contributed by atoms with E-state index in [1.54, 1.807) is 19.0 Å². The Morgan fingerprint density at radius 2 is 2.05 bits per heavy atom. The number of ether oxygens (including phenoxy) is 1. The summed E-state index contributed by atoms with van der Waals surface area (Å²) in [7, 11) is 1.68. The molecule has 0 saturated carbocycles. The lowest BCUT2D eigenvalue weighted by molar-refractivity contribution is 0.0694. The number of aromatic nitrogens is 1. The Morgan fingerprint density at radius 1 is 1.41 bits per heavy atom. The van der Waals surface area contributed by atoms with Crippen molar-refractivity contribution in [1.82, 2.24) is 4.68 Å². The third-order valence-electron chi connectivity index (χ3n) is 3.40. The van der Waals surface area contributed by atoms with Crippen LogP contribution in [0.15, 0.2) is 17.1 Å². The number of halogens is 1. The summed E-state index contributed by atoms with van der Waals surface area (Å²) in [6.45, 7) is 5.68. The van der Waals surface area contributed by atoms with Gasteiger partial charge in [0.1, 0.15) is 16.9 Å². The summed E-state index contributed by atoms with van der Waals surface area (Å²) in [5.74, 6) is -1.67. The molecule has 118 valence electrons. The summed E-state index contributed by atoms with van der Waals surface area (Å²) < 4.78 is 20.8. The van der Waals surface area contributed by atoms with E-state index < -0.39 is 22.8 Å². The van der Waals surface area contributed by atoms with Gasteiger partial charge in [0.15, 0.2) is 12.5 Å². The predicted molar refractivity (Wildman–Crippen MR) is 80.8 cm³/mol. The van der Waals surface area contributed by atoms with E-state index in [0.29, 0.717) is 11.1 Å². The van der Waals surface area contributed by atoms with E-state index in [9.17, 15) is 14.0 Å². The van der Waals surface area contributed by atoms with Crippen molar-refractivity contribution in [1.29, 1.82) is 0 Å². The molecule has 6 nitrogen and oxygen atoms in total. The average Bonchev–Trinajstić information content (AvgIpc) is 2.50. The quantitative estimate of drug-likeness (QED) is 0.873. The minimum atomic E-state index is -1.34. The molecule has 0 bridgehead atoms. The molecule has 1 aliphatic heterocycles. The molecular formula is C15H17FN2O4. The van der Waals surface area contributed by atoms with Crippen molar-refractivity contribution in [2.45, 2.75) is 20.8 Å². The van der Waals surface area contributed by atoms with E-state index in [2.05, 4.69) is 0 Å². The van der Waals surface area contributed by atoms with Crippen LogP contribution in [0.25, 0.3) is 10.9 Å². The minimum Gasteiger partial charge on any atom is -0.477 e. The average molecular weight is 308 g/mol. The zero-order valence-electron chi connectivity index (χ0n) is 12.8. The lowest BCUT2D eigenvalue weighted by Crippen LogP contribution is -2.39. The third-order valence-corrected chi connectivity index (χ3v) is 3.40. The second-order valence-electron chi connectivity index (χ2n) is 4.66. The molecule has 22 heavy (non-hydrogen) atoms. The Morgan fingerprint density at radius 3 is 2.64 bits per heavy atom. The lowest BCUT2D eigenvalue weighted by Gasteiger charge is -2.31. The second-order valence-corrected chi connectivity index (χ2v) is 4.66. The number of benzene rings is 1. The molecule has 2 heterocycles. The van der Waals surface area contributed by atoms with Gasteiger partial charge < -0.3 is 9.84 Å². The second kappa shape index (κ2) is 5.67. The van der Waals surface area contributed by atoms with Crippen molar-refractivity contribution in [3.63, 3.8) is 0 Å². The first-order chi connectivity index (χ1) is 10.4. The molecule has 0 atom stereocenters. The van der Waals surface area contributed by atoms with E-state index in [1.165, 1.54) is 10.9 Å². The smallest absolute Gasteiger partial charge is 0.341 e. The molecule has 1 N–H and O–H groups in total. The van der Waals surface area contributed by atoms with Gasteiger partial charge in [-0.15, -0.1) is 0 Å². The van der Waals surface area contributed by atoms with Gasteiger partial charge in [-0.2, -0.15) is 0 Å². The van der Waals surface area contributed by atoms with Gasteiger partial charge in [-0.3, -0.25) is 14.5 Å². The molecule has 0 saturated heterocycles. The molecular weight excluding hydrogens is 291 g/mol. The fourth-order valence-corrected chi connectivity index (χ4v) is 2.32. The monoisotopic (exact) mass is 308 g/mol. The summed E-state index contributed by atoms with van der Waals surface area (Å²) in [5, 5.41) is 10.7. The van der Waals surface area contributed by atoms with Crippen LogP contribution in [0.1, 0.15) is 29.8 Å². The molecule has 1 aliphatic rings.